The van der Waals surface area contributed by atoms with Gasteiger partial charge in [-0.1, -0.05) is 17.3 Å². The van der Waals surface area contributed by atoms with Crippen LogP contribution in [-0.2, 0) is 16.4 Å². The molecular formula is C13H13F2N3O4S. The monoisotopic (exact) mass is 345 g/mol. The molecule has 0 bridgehead atoms. The van der Waals surface area contributed by atoms with Gasteiger partial charge in [0.15, 0.2) is 5.76 Å². The number of urea groups is 1. The van der Waals surface area contributed by atoms with Crippen LogP contribution in [0.25, 0.3) is 0 Å². The zero-order valence-corrected chi connectivity index (χ0v) is 12.7. The zero-order valence-electron chi connectivity index (χ0n) is 11.9. The van der Waals surface area contributed by atoms with Crippen molar-refractivity contribution in [3.63, 3.8) is 0 Å². The number of alkyl halides is 2. The number of carbonyl (C=O) groups excluding carboxylic acids is 1. The maximum absolute atomic E-state index is 12.7. The van der Waals surface area contributed by atoms with E-state index in [0.717, 1.165) is 6.07 Å². The van der Waals surface area contributed by atoms with Crippen LogP contribution in [0.4, 0.5) is 19.3 Å². The van der Waals surface area contributed by atoms with Gasteiger partial charge in [0.05, 0.1) is 22.8 Å². The Morgan fingerprint density at radius 1 is 1.35 bits per heavy atom. The normalized spacial score (nSPS) is 11.5. The summed E-state index contributed by atoms with van der Waals surface area (Å²) in [6, 6.07) is 5.76. The number of anilines is 1. The fraction of sp³-hybridized carbons (Fsp3) is 0.231. The number of para-hydroxylation sites is 1. The Balaban J connectivity index is 2.09. The van der Waals surface area contributed by atoms with Crippen LogP contribution in [-0.4, -0.2) is 25.4 Å². The highest BCUT2D eigenvalue weighted by atomic mass is 32.2. The molecule has 0 spiro atoms. The molecule has 10 heteroatoms. The molecule has 124 valence electrons. The van der Waals surface area contributed by atoms with Crippen molar-refractivity contribution in [3.8, 4) is 0 Å². The van der Waals surface area contributed by atoms with E-state index in [0.29, 0.717) is 11.5 Å². The zero-order chi connectivity index (χ0) is 17.0. The van der Waals surface area contributed by atoms with Crippen LogP contribution >= 0.6 is 0 Å². The highest BCUT2D eigenvalue weighted by Crippen LogP contribution is 2.25. The van der Waals surface area contributed by atoms with E-state index in [1.807, 2.05) is 0 Å². The van der Waals surface area contributed by atoms with Gasteiger partial charge in [0.1, 0.15) is 0 Å². The van der Waals surface area contributed by atoms with Gasteiger partial charge in [0.25, 0.3) is 0 Å². The largest absolute Gasteiger partial charge is 0.359 e. The molecule has 0 saturated heterocycles. The molecule has 0 aliphatic carbocycles. The average Bonchev–Trinajstić information content (AvgIpc) is 2.91. The molecule has 0 radical (unpaired) electrons. The van der Waals surface area contributed by atoms with Gasteiger partial charge in [-0.05, 0) is 19.1 Å². The predicted molar refractivity (Wildman–Crippen MR) is 76.7 cm³/mol. The Labute approximate surface area is 130 Å². The van der Waals surface area contributed by atoms with Crippen molar-refractivity contribution in [2.45, 2.75) is 24.1 Å². The molecule has 0 unspecified atom stereocenters. The fourth-order valence-electron chi connectivity index (χ4n) is 1.75. The van der Waals surface area contributed by atoms with Gasteiger partial charge in [0, 0.05) is 6.07 Å². The quantitative estimate of drug-likeness (QED) is 0.866. The molecular weight excluding hydrogens is 332 g/mol. The van der Waals surface area contributed by atoms with E-state index in [1.54, 1.807) is 13.0 Å². The molecule has 7 nitrogen and oxygen atoms in total. The standard InChI is InChI=1S/C13H13F2N3O4S/c1-8-6-9(22-18-8)7-16-13(19)17-10-4-2-3-5-11(10)23(20,21)12(14)15/h2-6,12H,7H2,1H3,(H2,16,17,19). The second-order valence-corrected chi connectivity index (χ2v) is 6.43. The first-order valence-corrected chi connectivity index (χ1v) is 7.93. The number of halogens is 2. The SMILES string of the molecule is Cc1cc(CNC(=O)Nc2ccccc2S(=O)(=O)C(F)F)on1. The smallest absolute Gasteiger partial charge is 0.341 e. The molecule has 0 aliphatic heterocycles. The van der Waals surface area contributed by atoms with E-state index in [-0.39, 0.29) is 12.2 Å². The van der Waals surface area contributed by atoms with Crippen molar-refractivity contribution in [1.29, 1.82) is 0 Å². The van der Waals surface area contributed by atoms with Crippen LogP contribution in [0.2, 0.25) is 0 Å². The van der Waals surface area contributed by atoms with Crippen LogP contribution in [0.15, 0.2) is 39.8 Å². The van der Waals surface area contributed by atoms with Crippen LogP contribution in [0.1, 0.15) is 11.5 Å². The maximum atomic E-state index is 12.7. The number of aromatic nitrogens is 1. The summed E-state index contributed by atoms with van der Waals surface area (Å²) in [5, 5.41) is 8.26. The molecule has 2 rings (SSSR count). The molecule has 2 amide bonds. The Kier molecular flexibility index (Phi) is 4.94. The van der Waals surface area contributed by atoms with Gasteiger partial charge < -0.3 is 15.2 Å². The third-order valence-corrected chi connectivity index (χ3v) is 4.21. The first-order valence-electron chi connectivity index (χ1n) is 6.39. The lowest BCUT2D eigenvalue weighted by Gasteiger charge is -2.11. The summed E-state index contributed by atoms with van der Waals surface area (Å²) in [4.78, 5) is 11.1. The van der Waals surface area contributed by atoms with Crippen molar-refractivity contribution in [3.05, 3.63) is 41.8 Å². The number of aryl methyl sites for hydroxylation is 1. The van der Waals surface area contributed by atoms with Crippen molar-refractivity contribution in [1.82, 2.24) is 10.5 Å². The molecule has 1 heterocycles. The van der Waals surface area contributed by atoms with E-state index < -0.39 is 26.5 Å². The number of benzene rings is 1. The molecule has 2 aromatic rings. The van der Waals surface area contributed by atoms with Gasteiger partial charge in [-0.15, -0.1) is 0 Å². The summed E-state index contributed by atoms with van der Waals surface area (Å²) >= 11 is 0. The molecule has 2 N–H and O–H groups in total. The average molecular weight is 345 g/mol. The molecule has 1 aromatic carbocycles. The van der Waals surface area contributed by atoms with E-state index in [1.165, 1.54) is 18.2 Å². The summed E-state index contributed by atoms with van der Waals surface area (Å²) in [7, 11) is -4.82. The lowest BCUT2D eigenvalue weighted by atomic mass is 10.3. The fourth-order valence-corrected chi connectivity index (χ4v) is 2.63. The highest BCUT2D eigenvalue weighted by molar-refractivity contribution is 7.91. The van der Waals surface area contributed by atoms with Crippen molar-refractivity contribution in [2.75, 3.05) is 5.32 Å². The Bertz CT molecular complexity index is 805. The summed E-state index contributed by atoms with van der Waals surface area (Å²) in [5.74, 6) is -3.18. The molecule has 23 heavy (non-hydrogen) atoms. The summed E-state index contributed by atoms with van der Waals surface area (Å²) in [6.07, 6.45) is 0. The number of amides is 2. The van der Waals surface area contributed by atoms with Gasteiger partial charge >= 0.3 is 11.8 Å². The number of hydrogen-bond donors (Lipinski definition) is 2. The molecule has 0 saturated carbocycles. The van der Waals surface area contributed by atoms with E-state index in [9.17, 15) is 22.0 Å². The van der Waals surface area contributed by atoms with Gasteiger partial charge in [-0.3, -0.25) is 0 Å². The van der Waals surface area contributed by atoms with E-state index in [4.69, 9.17) is 4.52 Å². The number of rotatable bonds is 5. The number of nitrogens with one attached hydrogen (secondary N) is 2. The third kappa shape index (κ3) is 4.03. The first-order chi connectivity index (χ1) is 10.8. The maximum Gasteiger partial charge on any atom is 0.341 e. The summed E-state index contributed by atoms with van der Waals surface area (Å²) in [5.41, 5.74) is 0.398. The number of nitrogens with zero attached hydrogens (tertiary/aromatic N) is 1. The topological polar surface area (TPSA) is 101 Å². The van der Waals surface area contributed by atoms with Crippen LogP contribution in [0.5, 0.6) is 0 Å². The molecule has 0 aliphatic rings. The number of hydrogen-bond acceptors (Lipinski definition) is 5. The minimum absolute atomic E-state index is 0.0104. The first kappa shape index (κ1) is 16.9. The molecule has 0 fully saturated rings. The van der Waals surface area contributed by atoms with E-state index >= 15 is 0 Å². The van der Waals surface area contributed by atoms with Crippen molar-refractivity contribution < 1.29 is 26.5 Å². The Morgan fingerprint density at radius 2 is 2.04 bits per heavy atom. The highest BCUT2D eigenvalue weighted by Gasteiger charge is 2.29. The van der Waals surface area contributed by atoms with Gasteiger partial charge in [-0.2, -0.15) is 8.78 Å². The lowest BCUT2D eigenvalue weighted by molar-refractivity contribution is 0.234. The third-order valence-electron chi connectivity index (χ3n) is 2.78. The van der Waals surface area contributed by atoms with Crippen LogP contribution < -0.4 is 10.6 Å². The molecule has 0 atom stereocenters. The van der Waals surface area contributed by atoms with Crippen LogP contribution in [0, 0.1) is 6.92 Å². The summed E-state index contributed by atoms with van der Waals surface area (Å²) < 4.78 is 53.3. The number of sulfone groups is 1. The lowest BCUT2D eigenvalue weighted by Crippen LogP contribution is -2.29. The van der Waals surface area contributed by atoms with Crippen molar-refractivity contribution in [2.24, 2.45) is 0 Å². The summed E-state index contributed by atoms with van der Waals surface area (Å²) in [6.45, 7) is 1.72. The minimum atomic E-state index is -4.82. The van der Waals surface area contributed by atoms with Gasteiger partial charge in [-0.25, -0.2) is 13.2 Å². The second-order valence-electron chi connectivity index (χ2n) is 4.54. The van der Waals surface area contributed by atoms with Crippen molar-refractivity contribution >= 4 is 21.6 Å². The van der Waals surface area contributed by atoms with Crippen LogP contribution in [0.3, 0.4) is 0 Å². The second kappa shape index (κ2) is 6.73. The molecule has 1 aromatic heterocycles. The predicted octanol–water partition coefficient (Wildman–Crippen LogP) is 2.30. The van der Waals surface area contributed by atoms with Gasteiger partial charge in [0.2, 0.25) is 9.84 Å². The number of carbonyl (C=O) groups is 1. The minimum Gasteiger partial charge on any atom is -0.359 e. The Hall–Kier alpha value is -2.49. The Morgan fingerprint density at radius 3 is 2.65 bits per heavy atom. The van der Waals surface area contributed by atoms with E-state index in [2.05, 4.69) is 15.8 Å².